The Morgan fingerprint density at radius 1 is 1.04 bits per heavy atom. The molecule has 0 aliphatic heterocycles. The fourth-order valence-corrected chi connectivity index (χ4v) is 2.68. The van der Waals surface area contributed by atoms with E-state index in [4.69, 9.17) is 9.29 Å². The molecule has 3 N–H and O–H groups in total. The SMILES string of the molecule is O=C(O)c1cc(N=Nc2ccc(OS(=O)Nc3ccccn3)cc2)ccc1O. The van der Waals surface area contributed by atoms with Crippen molar-refractivity contribution < 1.29 is 23.4 Å². The summed E-state index contributed by atoms with van der Waals surface area (Å²) in [5.74, 6) is -0.844. The van der Waals surface area contributed by atoms with E-state index in [-0.39, 0.29) is 17.0 Å². The van der Waals surface area contributed by atoms with Gasteiger partial charge in [0, 0.05) is 6.20 Å². The number of nitrogens with zero attached hydrogens (tertiary/aromatic N) is 3. The van der Waals surface area contributed by atoms with Crippen LogP contribution < -0.4 is 8.91 Å². The van der Waals surface area contributed by atoms with Gasteiger partial charge in [-0.05, 0) is 54.6 Å². The van der Waals surface area contributed by atoms with Crippen molar-refractivity contribution in [3.8, 4) is 11.5 Å². The quantitative estimate of drug-likeness (QED) is 0.516. The summed E-state index contributed by atoms with van der Waals surface area (Å²) in [5, 5.41) is 26.4. The minimum atomic E-state index is -1.82. The molecular formula is C18H14N4O5S. The maximum absolute atomic E-state index is 11.9. The molecule has 9 nitrogen and oxygen atoms in total. The number of carbonyl (C=O) groups is 1. The van der Waals surface area contributed by atoms with Crippen molar-refractivity contribution >= 4 is 34.4 Å². The van der Waals surface area contributed by atoms with E-state index < -0.39 is 17.2 Å². The summed E-state index contributed by atoms with van der Waals surface area (Å²) < 4.78 is 19.8. The van der Waals surface area contributed by atoms with E-state index in [0.29, 0.717) is 17.3 Å². The van der Waals surface area contributed by atoms with Crippen molar-refractivity contribution in [2.24, 2.45) is 10.2 Å². The summed E-state index contributed by atoms with van der Waals surface area (Å²) in [6, 6.07) is 15.3. The Bertz CT molecular complexity index is 1030. The van der Waals surface area contributed by atoms with Crippen LogP contribution in [0.3, 0.4) is 0 Å². The number of aromatic carboxylic acids is 1. The third-order valence-electron chi connectivity index (χ3n) is 3.35. The van der Waals surface area contributed by atoms with Gasteiger partial charge in [-0.3, -0.25) is 4.72 Å². The number of pyridine rings is 1. The summed E-state index contributed by atoms with van der Waals surface area (Å²) in [4.78, 5) is 15.0. The van der Waals surface area contributed by atoms with Gasteiger partial charge in [-0.25, -0.2) is 9.78 Å². The minimum Gasteiger partial charge on any atom is -0.507 e. The first-order valence-corrected chi connectivity index (χ1v) is 8.94. The van der Waals surface area contributed by atoms with Gasteiger partial charge >= 0.3 is 17.2 Å². The monoisotopic (exact) mass is 398 g/mol. The number of benzene rings is 2. The molecule has 3 aromatic rings. The molecule has 0 amide bonds. The maximum Gasteiger partial charge on any atom is 0.339 e. The van der Waals surface area contributed by atoms with Crippen molar-refractivity contribution in [1.29, 1.82) is 0 Å². The summed E-state index contributed by atoms with van der Waals surface area (Å²) in [6.07, 6.45) is 1.56. The Morgan fingerprint density at radius 2 is 1.75 bits per heavy atom. The summed E-state index contributed by atoms with van der Waals surface area (Å²) in [6.45, 7) is 0. The molecule has 1 atom stereocenters. The highest BCUT2D eigenvalue weighted by Gasteiger charge is 2.10. The van der Waals surface area contributed by atoms with E-state index in [0.717, 1.165) is 0 Å². The molecule has 142 valence electrons. The fraction of sp³-hybridized carbons (Fsp3) is 0. The van der Waals surface area contributed by atoms with Gasteiger partial charge in [0.25, 0.3) is 0 Å². The average Bonchev–Trinajstić information content (AvgIpc) is 2.69. The molecule has 10 heteroatoms. The van der Waals surface area contributed by atoms with Crippen molar-refractivity contribution in [3.05, 3.63) is 72.4 Å². The lowest BCUT2D eigenvalue weighted by Gasteiger charge is -2.06. The largest absolute Gasteiger partial charge is 0.507 e. The molecule has 3 rings (SSSR count). The summed E-state index contributed by atoms with van der Waals surface area (Å²) in [7, 11) is 0. The van der Waals surface area contributed by atoms with E-state index in [1.165, 1.54) is 18.2 Å². The number of carboxylic acid groups (broad SMARTS) is 1. The van der Waals surface area contributed by atoms with Gasteiger partial charge in [0.15, 0.2) is 0 Å². The van der Waals surface area contributed by atoms with Crippen LogP contribution in [0.1, 0.15) is 10.4 Å². The lowest BCUT2D eigenvalue weighted by Crippen LogP contribution is -2.11. The van der Waals surface area contributed by atoms with Gasteiger partial charge in [0.2, 0.25) is 0 Å². The first kappa shape index (κ1) is 19.0. The molecule has 0 fully saturated rings. The fourth-order valence-electron chi connectivity index (χ4n) is 2.06. The van der Waals surface area contributed by atoms with Crippen LogP contribution in [0.15, 0.2) is 77.1 Å². The lowest BCUT2D eigenvalue weighted by atomic mass is 10.2. The third-order valence-corrected chi connectivity index (χ3v) is 4.07. The highest BCUT2D eigenvalue weighted by Crippen LogP contribution is 2.26. The second kappa shape index (κ2) is 8.73. The van der Waals surface area contributed by atoms with Gasteiger partial charge in [-0.2, -0.15) is 14.4 Å². The van der Waals surface area contributed by atoms with Crippen LogP contribution in [0, 0.1) is 0 Å². The molecular weight excluding hydrogens is 384 g/mol. The van der Waals surface area contributed by atoms with Crippen LogP contribution in [0.2, 0.25) is 0 Å². The van der Waals surface area contributed by atoms with Gasteiger partial charge in [-0.15, -0.1) is 0 Å². The Kier molecular flexibility index (Phi) is 5.92. The molecule has 1 heterocycles. The van der Waals surface area contributed by atoms with Crippen LogP contribution in [0.4, 0.5) is 17.2 Å². The first-order valence-electron chi connectivity index (χ1n) is 7.87. The number of nitrogens with one attached hydrogen (secondary N) is 1. The number of hydrogen-bond acceptors (Lipinski definition) is 7. The lowest BCUT2D eigenvalue weighted by molar-refractivity contribution is 0.0693. The number of azo groups is 1. The molecule has 0 radical (unpaired) electrons. The second-order valence-electron chi connectivity index (χ2n) is 5.34. The van der Waals surface area contributed by atoms with Crippen molar-refractivity contribution in [2.75, 3.05) is 4.72 Å². The number of rotatable bonds is 7. The number of hydrogen-bond donors (Lipinski definition) is 3. The molecule has 0 saturated carbocycles. The predicted octanol–water partition coefficient (Wildman–Crippen LogP) is 3.97. The van der Waals surface area contributed by atoms with Crippen LogP contribution in [-0.4, -0.2) is 25.4 Å². The smallest absolute Gasteiger partial charge is 0.339 e. The number of phenols is 1. The molecule has 0 aliphatic rings. The molecule has 0 bridgehead atoms. The number of anilines is 1. The zero-order valence-corrected chi connectivity index (χ0v) is 15.0. The normalized spacial score (nSPS) is 11.9. The maximum atomic E-state index is 11.9. The average molecular weight is 398 g/mol. The molecule has 28 heavy (non-hydrogen) atoms. The topological polar surface area (TPSA) is 133 Å². The second-order valence-corrected chi connectivity index (χ2v) is 6.18. The van der Waals surface area contributed by atoms with Gasteiger partial charge in [0.1, 0.15) is 22.9 Å². The Hall–Kier alpha value is -3.79. The van der Waals surface area contributed by atoms with E-state index in [2.05, 4.69) is 19.9 Å². The highest BCUT2D eigenvalue weighted by atomic mass is 32.2. The number of aromatic nitrogens is 1. The highest BCUT2D eigenvalue weighted by molar-refractivity contribution is 7.81. The van der Waals surface area contributed by atoms with E-state index in [1.807, 2.05) is 0 Å². The van der Waals surface area contributed by atoms with Crippen LogP contribution in [0.25, 0.3) is 0 Å². The Labute approximate surface area is 162 Å². The predicted molar refractivity (Wildman–Crippen MR) is 102 cm³/mol. The van der Waals surface area contributed by atoms with E-state index >= 15 is 0 Å². The Balaban J connectivity index is 1.63. The van der Waals surface area contributed by atoms with Crippen molar-refractivity contribution in [2.45, 2.75) is 0 Å². The molecule has 0 saturated heterocycles. The minimum absolute atomic E-state index is 0.261. The van der Waals surface area contributed by atoms with Gasteiger partial charge in [-0.1, -0.05) is 6.07 Å². The van der Waals surface area contributed by atoms with Gasteiger partial charge in [0.05, 0.1) is 11.4 Å². The van der Waals surface area contributed by atoms with Crippen molar-refractivity contribution in [3.63, 3.8) is 0 Å². The first-order chi connectivity index (χ1) is 13.5. The number of aromatic hydroxyl groups is 1. The standard InChI is InChI=1S/C18H14N4O5S/c23-16-9-6-13(11-15(16)18(24)25)21-20-12-4-7-14(8-5-12)27-28(26)22-17-3-1-2-10-19-17/h1-11,23H,(H,19,22)(H,24,25). The Morgan fingerprint density at radius 3 is 2.43 bits per heavy atom. The zero-order chi connectivity index (χ0) is 19.9. The molecule has 1 unspecified atom stereocenters. The zero-order valence-electron chi connectivity index (χ0n) is 14.2. The van der Waals surface area contributed by atoms with Crippen LogP contribution >= 0.6 is 0 Å². The van der Waals surface area contributed by atoms with E-state index in [9.17, 15) is 14.1 Å². The molecule has 1 aromatic heterocycles. The third kappa shape index (κ3) is 5.11. The van der Waals surface area contributed by atoms with Crippen molar-refractivity contribution in [1.82, 2.24) is 4.98 Å². The van der Waals surface area contributed by atoms with Crippen LogP contribution in [0.5, 0.6) is 11.5 Å². The molecule has 2 aromatic carbocycles. The molecule has 0 spiro atoms. The summed E-state index contributed by atoms with van der Waals surface area (Å²) in [5.41, 5.74) is 0.486. The van der Waals surface area contributed by atoms with Gasteiger partial charge < -0.3 is 14.4 Å². The van der Waals surface area contributed by atoms with E-state index in [1.54, 1.807) is 48.7 Å². The summed E-state index contributed by atoms with van der Waals surface area (Å²) >= 11 is -1.82. The molecule has 0 aliphatic carbocycles. The number of carboxylic acids is 1. The van der Waals surface area contributed by atoms with Crippen LogP contribution in [-0.2, 0) is 11.3 Å².